The number of hydrogen-bond acceptors (Lipinski definition) is 3. The van der Waals surface area contributed by atoms with Gasteiger partial charge in [0.05, 0.1) is 10.4 Å². The van der Waals surface area contributed by atoms with E-state index in [0.717, 1.165) is 16.5 Å². The number of hydrogen-bond donors (Lipinski definition) is 1. The van der Waals surface area contributed by atoms with Crippen LogP contribution in [0, 0.1) is 0 Å². The van der Waals surface area contributed by atoms with Gasteiger partial charge in [-0.3, -0.25) is 4.79 Å². The molecule has 6 heteroatoms. The first kappa shape index (κ1) is 19.0. The molecule has 0 unspecified atom stereocenters. The fourth-order valence-corrected chi connectivity index (χ4v) is 4.88. The minimum absolute atomic E-state index is 0.0580. The van der Waals surface area contributed by atoms with Crippen LogP contribution >= 0.6 is 0 Å². The third-order valence-corrected chi connectivity index (χ3v) is 6.54. The molecule has 3 aromatic carbocycles. The number of carboxylic acids is 1. The van der Waals surface area contributed by atoms with Crippen molar-refractivity contribution in [2.45, 2.75) is 17.7 Å². The standard InChI is InChI=1S/C23H19NO4S/c25-23(26)14-13-19-16-24(22-12-5-4-11-21(19)22)29(27,28)20-10-6-9-18(15-20)17-7-2-1-3-8-17/h1-12,15-16H,13-14H2,(H,25,26). The summed E-state index contributed by atoms with van der Waals surface area (Å²) in [5.74, 6) is -0.916. The SMILES string of the molecule is O=C(O)CCc1cn(S(=O)(=O)c2cccc(-c3ccccc3)c2)c2ccccc12. The molecule has 0 spiro atoms. The van der Waals surface area contributed by atoms with Crippen LogP contribution in [-0.4, -0.2) is 23.5 Å². The smallest absolute Gasteiger partial charge is 0.303 e. The van der Waals surface area contributed by atoms with Gasteiger partial charge in [0.2, 0.25) is 0 Å². The Morgan fingerprint density at radius 2 is 1.55 bits per heavy atom. The number of benzene rings is 3. The first-order valence-electron chi connectivity index (χ1n) is 9.18. The molecule has 0 radical (unpaired) electrons. The molecule has 0 bridgehead atoms. The molecule has 29 heavy (non-hydrogen) atoms. The highest BCUT2D eigenvalue weighted by Gasteiger charge is 2.21. The molecule has 146 valence electrons. The summed E-state index contributed by atoms with van der Waals surface area (Å²) in [5.41, 5.74) is 2.99. The Morgan fingerprint density at radius 1 is 0.862 bits per heavy atom. The van der Waals surface area contributed by atoms with E-state index in [0.29, 0.717) is 11.1 Å². The van der Waals surface area contributed by atoms with E-state index in [-0.39, 0.29) is 17.7 Å². The lowest BCUT2D eigenvalue weighted by molar-refractivity contribution is -0.136. The van der Waals surface area contributed by atoms with Crippen molar-refractivity contribution in [3.05, 3.63) is 90.6 Å². The molecule has 1 aromatic heterocycles. The van der Waals surface area contributed by atoms with Crippen molar-refractivity contribution in [1.82, 2.24) is 3.97 Å². The molecule has 0 atom stereocenters. The molecule has 4 aromatic rings. The van der Waals surface area contributed by atoms with Gasteiger partial charge in [0.15, 0.2) is 0 Å². The Bertz CT molecular complexity index is 1290. The molecule has 5 nitrogen and oxygen atoms in total. The van der Waals surface area contributed by atoms with E-state index in [9.17, 15) is 13.2 Å². The van der Waals surface area contributed by atoms with Crippen LogP contribution in [0.4, 0.5) is 0 Å². The predicted molar refractivity (Wildman–Crippen MR) is 112 cm³/mol. The summed E-state index contributed by atoms with van der Waals surface area (Å²) < 4.78 is 28.1. The van der Waals surface area contributed by atoms with E-state index >= 15 is 0 Å². The Kier molecular flexibility index (Phi) is 4.94. The van der Waals surface area contributed by atoms with Crippen LogP contribution in [0.1, 0.15) is 12.0 Å². The summed E-state index contributed by atoms with van der Waals surface area (Å²) in [6.45, 7) is 0. The first-order chi connectivity index (χ1) is 14.0. The van der Waals surface area contributed by atoms with Crippen molar-refractivity contribution in [2.24, 2.45) is 0 Å². The van der Waals surface area contributed by atoms with Crippen LogP contribution in [-0.2, 0) is 21.2 Å². The second-order valence-corrected chi connectivity index (χ2v) is 8.57. The Hall–Kier alpha value is -3.38. The van der Waals surface area contributed by atoms with Crippen LogP contribution in [0.15, 0.2) is 90.0 Å². The lowest BCUT2D eigenvalue weighted by Crippen LogP contribution is -2.12. The van der Waals surface area contributed by atoms with E-state index in [2.05, 4.69) is 0 Å². The zero-order valence-corrected chi connectivity index (χ0v) is 16.3. The second kappa shape index (κ2) is 7.56. The van der Waals surface area contributed by atoms with Crippen LogP contribution in [0.3, 0.4) is 0 Å². The Balaban J connectivity index is 1.82. The largest absolute Gasteiger partial charge is 0.481 e. The highest BCUT2D eigenvalue weighted by atomic mass is 32.2. The van der Waals surface area contributed by atoms with E-state index in [4.69, 9.17) is 5.11 Å². The van der Waals surface area contributed by atoms with Gasteiger partial charge < -0.3 is 5.11 Å². The number of aryl methyl sites for hydroxylation is 1. The molecule has 0 aliphatic carbocycles. The molecule has 1 heterocycles. The zero-order chi connectivity index (χ0) is 20.4. The molecule has 0 saturated carbocycles. The number of para-hydroxylation sites is 1. The molecular formula is C23H19NO4S. The zero-order valence-electron chi connectivity index (χ0n) is 15.5. The fraction of sp³-hybridized carbons (Fsp3) is 0.0870. The molecule has 0 amide bonds. The van der Waals surface area contributed by atoms with Crippen molar-refractivity contribution in [3.63, 3.8) is 0 Å². The molecule has 0 saturated heterocycles. The normalized spacial score (nSPS) is 11.6. The molecule has 0 aliphatic heterocycles. The summed E-state index contributed by atoms with van der Waals surface area (Å²) in [4.78, 5) is 11.2. The second-order valence-electron chi connectivity index (χ2n) is 6.76. The van der Waals surface area contributed by atoms with Crippen molar-refractivity contribution in [1.29, 1.82) is 0 Å². The molecule has 0 fully saturated rings. The average Bonchev–Trinajstić information content (AvgIpc) is 3.12. The van der Waals surface area contributed by atoms with Crippen molar-refractivity contribution in [3.8, 4) is 11.1 Å². The average molecular weight is 405 g/mol. The van der Waals surface area contributed by atoms with Gasteiger partial charge in [0.25, 0.3) is 10.0 Å². The van der Waals surface area contributed by atoms with Gasteiger partial charge in [0.1, 0.15) is 0 Å². The predicted octanol–water partition coefficient (Wildman–Crippen LogP) is 4.56. The topological polar surface area (TPSA) is 76.4 Å². The van der Waals surface area contributed by atoms with Crippen molar-refractivity contribution in [2.75, 3.05) is 0 Å². The van der Waals surface area contributed by atoms with Gasteiger partial charge in [0, 0.05) is 18.0 Å². The lowest BCUT2D eigenvalue weighted by Gasteiger charge is -2.09. The molecule has 4 rings (SSSR count). The highest BCUT2D eigenvalue weighted by molar-refractivity contribution is 7.90. The third kappa shape index (κ3) is 3.67. The van der Waals surface area contributed by atoms with Gasteiger partial charge in [-0.05, 0) is 41.3 Å². The Labute approximate surface area is 168 Å². The maximum absolute atomic E-state index is 13.4. The monoisotopic (exact) mass is 405 g/mol. The van der Waals surface area contributed by atoms with Crippen LogP contribution in [0.25, 0.3) is 22.0 Å². The lowest BCUT2D eigenvalue weighted by atomic mass is 10.1. The van der Waals surface area contributed by atoms with Gasteiger partial charge in [-0.15, -0.1) is 0 Å². The molecule has 0 aliphatic rings. The number of aliphatic carboxylic acids is 1. The summed E-state index contributed by atoms with van der Waals surface area (Å²) in [5, 5.41) is 9.75. The maximum Gasteiger partial charge on any atom is 0.303 e. The minimum atomic E-state index is -3.84. The van der Waals surface area contributed by atoms with E-state index in [1.807, 2.05) is 48.5 Å². The van der Waals surface area contributed by atoms with Gasteiger partial charge in [-0.1, -0.05) is 60.7 Å². The first-order valence-corrected chi connectivity index (χ1v) is 10.6. The summed E-state index contributed by atoms with van der Waals surface area (Å²) in [7, 11) is -3.84. The third-order valence-electron chi connectivity index (χ3n) is 4.87. The van der Waals surface area contributed by atoms with Crippen LogP contribution in [0.5, 0.6) is 0 Å². The summed E-state index contributed by atoms with van der Waals surface area (Å²) in [6, 6.07) is 23.6. The number of carboxylic acid groups (broad SMARTS) is 1. The quantitative estimate of drug-likeness (QED) is 0.510. The van der Waals surface area contributed by atoms with Gasteiger partial charge >= 0.3 is 5.97 Å². The van der Waals surface area contributed by atoms with Crippen molar-refractivity contribution >= 4 is 26.9 Å². The highest BCUT2D eigenvalue weighted by Crippen LogP contribution is 2.29. The number of aromatic nitrogens is 1. The van der Waals surface area contributed by atoms with Crippen LogP contribution < -0.4 is 0 Å². The van der Waals surface area contributed by atoms with Gasteiger partial charge in [-0.2, -0.15) is 0 Å². The fourth-order valence-electron chi connectivity index (χ4n) is 3.44. The maximum atomic E-state index is 13.4. The number of carbonyl (C=O) groups is 1. The molecular weight excluding hydrogens is 386 g/mol. The van der Waals surface area contributed by atoms with Gasteiger partial charge in [-0.25, -0.2) is 12.4 Å². The minimum Gasteiger partial charge on any atom is -0.481 e. The molecule has 1 N–H and O–H groups in total. The Morgan fingerprint density at radius 3 is 2.31 bits per heavy atom. The van der Waals surface area contributed by atoms with E-state index in [1.165, 1.54) is 10.2 Å². The number of rotatable bonds is 6. The van der Waals surface area contributed by atoms with Crippen molar-refractivity contribution < 1.29 is 18.3 Å². The summed E-state index contributed by atoms with van der Waals surface area (Å²) in [6.07, 6.45) is 1.75. The van der Waals surface area contributed by atoms with E-state index < -0.39 is 16.0 Å². The summed E-state index contributed by atoms with van der Waals surface area (Å²) >= 11 is 0. The van der Waals surface area contributed by atoms with Crippen LogP contribution in [0.2, 0.25) is 0 Å². The van der Waals surface area contributed by atoms with E-state index in [1.54, 1.807) is 30.3 Å². The number of fused-ring (bicyclic) bond motifs is 1. The number of nitrogens with zero attached hydrogens (tertiary/aromatic N) is 1.